The van der Waals surface area contributed by atoms with Gasteiger partial charge >= 0.3 is 5.97 Å². The van der Waals surface area contributed by atoms with Gasteiger partial charge in [0.1, 0.15) is 5.69 Å². The molecule has 21 heavy (non-hydrogen) atoms. The average molecular weight is 285 g/mol. The minimum Gasteiger partial charge on any atom is -0.476 e. The van der Waals surface area contributed by atoms with Crippen molar-refractivity contribution in [3.63, 3.8) is 0 Å². The molecule has 7 heteroatoms. The van der Waals surface area contributed by atoms with Crippen LogP contribution in [0.4, 0.5) is 5.69 Å². The van der Waals surface area contributed by atoms with Crippen molar-refractivity contribution in [2.45, 2.75) is 6.92 Å². The van der Waals surface area contributed by atoms with E-state index in [0.29, 0.717) is 5.69 Å². The number of carbonyl (C=O) groups excluding carboxylic acids is 2. The van der Waals surface area contributed by atoms with Gasteiger partial charge in [0.15, 0.2) is 5.69 Å². The van der Waals surface area contributed by atoms with Gasteiger partial charge in [-0.05, 0) is 19.1 Å². The van der Waals surface area contributed by atoms with E-state index in [9.17, 15) is 19.5 Å². The van der Waals surface area contributed by atoms with Crippen molar-refractivity contribution in [3.8, 4) is 0 Å². The molecule has 0 radical (unpaired) electrons. The Morgan fingerprint density at radius 2 is 1.67 bits per heavy atom. The summed E-state index contributed by atoms with van der Waals surface area (Å²) < 4.78 is 1.34. The minimum absolute atomic E-state index is 0.0243. The van der Waals surface area contributed by atoms with Crippen LogP contribution in [0.25, 0.3) is 0 Å². The number of carbonyl (C=O) groups is 3. The molecule has 1 aliphatic heterocycles. The number of aryl methyl sites for hydroxylation is 1. The summed E-state index contributed by atoms with van der Waals surface area (Å²) in [7, 11) is 1.56. The van der Waals surface area contributed by atoms with Gasteiger partial charge in [0.25, 0.3) is 11.8 Å². The molecule has 0 aliphatic carbocycles. The molecule has 0 spiro atoms. The van der Waals surface area contributed by atoms with Crippen LogP contribution >= 0.6 is 0 Å². The molecule has 2 heterocycles. The monoisotopic (exact) mass is 285 g/mol. The first kappa shape index (κ1) is 13.0. The van der Waals surface area contributed by atoms with E-state index in [1.807, 2.05) is 0 Å². The Morgan fingerprint density at radius 3 is 2.14 bits per heavy atom. The molecule has 0 saturated heterocycles. The Balaban J connectivity index is 2.22. The largest absolute Gasteiger partial charge is 0.476 e. The highest BCUT2D eigenvalue weighted by Gasteiger charge is 2.40. The van der Waals surface area contributed by atoms with Crippen molar-refractivity contribution in [2.75, 3.05) is 4.90 Å². The lowest BCUT2D eigenvalue weighted by Gasteiger charge is -2.14. The molecule has 1 N–H and O–H groups in total. The van der Waals surface area contributed by atoms with E-state index >= 15 is 0 Å². The molecule has 0 atom stereocenters. The molecule has 2 aromatic rings. The molecule has 0 bridgehead atoms. The summed E-state index contributed by atoms with van der Waals surface area (Å²) in [5, 5.41) is 13.1. The molecule has 2 amide bonds. The van der Waals surface area contributed by atoms with Crippen LogP contribution in [0.5, 0.6) is 0 Å². The van der Waals surface area contributed by atoms with Gasteiger partial charge < -0.3 is 5.11 Å². The topological polar surface area (TPSA) is 92.5 Å². The van der Waals surface area contributed by atoms with Crippen molar-refractivity contribution >= 4 is 23.5 Å². The second-order valence-corrected chi connectivity index (χ2v) is 4.70. The van der Waals surface area contributed by atoms with Gasteiger partial charge in [0, 0.05) is 7.05 Å². The van der Waals surface area contributed by atoms with E-state index in [1.165, 1.54) is 4.68 Å². The van der Waals surface area contributed by atoms with E-state index in [1.54, 1.807) is 38.2 Å². The van der Waals surface area contributed by atoms with Crippen LogP contribution < -0.4 is 4.90 Å². The maximum absolute atomic E-state index is 12.4. The number of rotatable bonds is 2. The van der Waals surface area contributed by atoms with E-state index in [0.717, 1.165) is 4.90 Å². The minimum atomic E-state index is -1.29. The van der Waals surface area contributed by atoms with Gasteiger partial charge in [-0.3, -0.25) is 14.3 Å². The van der Waals surface area contributed by atoms with Crippen LogP contribution in [0.2, 0.25) is 0 Å². The van der Waals surface area contributed by atoms with E-state index in [2.05, 4.69) is 5.10 Å². The fourth-order valence-corrected chi connectivity index (χ4v) is 2.40. The number of benzene rings is 1. The van der Waals surface area contributed by atoms with Gasteiger partial charge in [-0.25, -0.2) is 9.69 Å². The van der Waals surface area contributed by atoms with Gasteiger partial charge in [-0.15, -0.1) is 0 Å². The molecule has 1 aromatic heterocycles. The van der Waals surface area contributed by atoms with Gasteiger partial charge in [-0.2, -0.15) is 5.10 Å². The zero-order valence-electron chi connectivity index (χ0n) is 11.3. The quantitative estimate of drug-likeness (QED) is 0.838. The zero-order chi connectivity index (χ0) is 15.3. The third kappa shape index (κ3) is 1.67. The van der Waals surface area contributed by atoms with E-state index in [-0.39, 0.29) is 22.5 Å². The fourth-order valence-electron chi connectivity index (χ4n) is 2.40. The highest BCUT2D eigenvalue weighted by atomic mass is 16.4. The van der Waals surface area contributed by atoms with E-state index in [4.69, 9.17) is 0 Å². The zero-order valence-corrected chi connectivity index (χ0v) is 11.3. The maximum Gasteiger partial charge on any atom is 0.358 e. The first-order valence-corrected chi connectivity index (χ1v) is 6.18. The predicted molar refractivity (Wildman–Crippen MR) is 72.5 cm³/mol. The van der Waals surface area contributed by atoms with Crippen LogP contribution in [0.3, 0.4) is 0 Å². The first-order valence-electron chi connectivity index (χ1n) is 6.18. The third-order valence-electron chi connectivity index (χ3n) is 3.52. The molecule has 1 aliphatic rings. The lowest BCUT2D eigenvalue weighted by atomic mass is 10.1. The standard InChI is InChI=1S/C14H11N3O4/c1-7-11(10(14(20)21)15-16(7)2)17-12(18)8-5-3-4-6-9(8)13(17)19/h3-6H,1-2H3,(H,20,21). The van der Waals surface area contributed by atoms with E-state index < -0.39 is 17.8 Å². The molecule has 0 saturated carbocycles. The summed E-state index contributed by atoms with van der Waals surface area (Å²) in [6.45, 7) is 1.61. The number of carboxylic acid groups (broad SMARTS) is 1. The SMILES string of the molecule is Cc1c(N2C(=O)c3ccccc3C2=O)c(C(=O)O)nn1C. The number of aromatic carboxylic acids is 1. The molecular weight excluding hydrogens is 274 g/mol. The number of nitrogens with zero attached hydrogens (tertiary/aromatic N) is 3. The maximum atomic E-state index is 12.4. The summed E-state index contributed by atoms with van der Waals surface area (Å²) in [6, 6.07) is 6.40. The molecule has 0 fully saturated rings. The van der Waals surface area contributed by atoms with Crippen LogP contribution in [0.15, 0.2) is 24.3 Å². The Kier molecular flexibility index (Phi) is 2.65. The van der Waals surface area contributed by atoms with Gasteiger partial charge in [0.2, 0.25) is 0 Å². The Morgan fingerprint density at radius 1 is 1.14 bits per heavy atom. The number of fused-ring (bicyclic) bond motifs is 1. The van der Waals surface area contributed by atoms with Crippen molar-refractivity contribution in [3.05, 3.63) is 46.8 Å². The lowest BCUT2D eigenvalue weighted by Crippen LogP contribution is -2.31. The van der Waals surface area contributed by atoms with Crippen molar-refractivity contribution < 1.29 is 19.5 Å². The smallest absolute Gasteiger partial charge is 0.358 e. The molecule has 7 nitrogen and oxygen atoms in total. The molecule has 3 rings (SSSR count). The van der Waals surface area contributed by atoms with Crippen LogP contribution in [0, 0.1) is 6.92 Å². The van der Waals surface area contributed by atoms with Crippen molar-refractivity contribution in [2.24, 2.45) is 7.05 Å². The first-order chi connectivity index (χ1) is 9.93. The second-order valence-electron chi connectivity index (χ2n) is 4.70. The number of imide groups is 1. The van der Waals surface area contributed by atoms with Gasteiger partial charge in [0.05, 0.1) is 16.8 Å². The van der Waals surface area contributed by atoms with Crippen LogP contribution in [0.1, 0.15) is 36.9 Å². The van der Waals surface area contributed by atoms with Crippen LogP contribution in [-0.4, -0.2) is 32.7 Å². The third-order valence-corrected chi connectivity index (χ3v) is 3.52. The fraction of sp³-hybridized carbons (Fsp3) is 0.143. The summed E-state index contributed by atoms with van der Waals surface area (Å²) in [5.74, 6) is -2.35. The number of amides is 2. The molecule has 0 unspecified atom stereocenters. The number of carboxylic acids is 1. The molecular formula is C14H11N3O4. The number of hydrogen-bond acceptors (Lipinski definition) is 4. The van der Waals surface area contributed by atoms with Crippen molar-refractivity contribution in [1.82, 2.24) is 9.78 Å². The van der Waals surface area contributed by atoms with Gasteiger partial charge in [-0.1, -0.05) is 12.1 Å². The predicted octanol–water partition coefficient (Wildman–Crippen LogP) is 1.23. The summed E-state index contributed by atoms with van der Waals surface area (Å²) in [5.41, 5.74) is 0.673. The highest BCUT2D eigenvalue weighted by molar-refractivity contribution is 6.35. The Labute approximate surface area is 119 Å². The second kappa shape index (κ2) is 4.27. The van der Waals surface area contributed by atoms with Crippen LogP contribution in [-0.2, 0) is 7.05 Å². The number of anilines is 1. The summed E-state index contributed by atoms with van der Waals surface area (Å²) in [4.78, 5) is 37.0. The Hall–Kier alpha value is -2.96. The highest BCUT2D eigenvalue weighted by Crippen LogP contribution is 2.32. The number of hydrogen-bond donors (Lipinski definition) is 1. The Bertz CT molecular complexity index is 772. The molecule has 1 aromatic carbocycles. The molecule has 106 valence electrons. The lowest BCUT2D eigenvalue weighted by molar-refractivity contribution is 0.0690. The normalized spacial score (nSPS) is 13.7. The van der Waals surface area contributed by atoms with Crippen molar-refractivity contribution in [1.29, 1.82) is 0 Å². The summed E-state index contributed by atoms with van der Waals surface area (Å²) in [6.07, 6.45) is 0. The number of aromatic nitrogens is 2. The average Bonchev–Trinajstić information content (AvgIpc) is 2.88. The summed E-state index contributed by atoms with van der Waals surface area (Å²) >= 11 is 0.